The van der Waals surface area contributed by atoms with Crippen molar-refractivity contribution in [2.75, 3.05) is 5.32 Å². The highest BCUT2D eigenvalue weighted by Crippen LogP contribution is 2.16. The molecule has 2 aromatic carbocycles. The van der Waals surface area contributed by atoms with Gasteiger partial charge >= 0.3 is 0 Å². The topological polar surface area (TPSA) is 68.0 Å². The molecule has 0 aliphatic carbocycles. The second kappa shape index (κ2) is 7.19. The molecule has 1 aromatic heterocycles. The Bertz CT molecular complexity index is 849. The fraction of sp³-hybridized carbons (Fsp3) is 0.158. The molecule has 0 radical (unpaired) electrons. The number of para-hydroxylation sites is 1. The molecule has 4 nitrogen and oxygen atoms in total. The highest BCUT2D eigenvalue weighted by molar-refractivity contribution is 5.96. The van der Waals surface area contributed by atoms with E-state index in [0.717, 1.165) is 16.5 Å². The molecular formula is C19H18FN3O. The highest BCUT2D eigenvalue weighted by atomic mass is 19.1. The summed E-state index contributed by atoms with van der Waals surface area (Å²) in [4.78, 5) is 16.5. The summed E-state index contributed by atoms with van der Waals surface area (Å²) in [6.07, 6.45) is 2.72. The Hall–Kier alpha value is -2.79. The molecule has 0 aliphatic heterocycles. The molecule has 1 amide bonds. The van der Waals surface area contributed by atoms with Crippen molar-refractivity contribution in [2.45, 2.75) is 18.9 Å². The summed E-state index contributed by atoms with van der Waals surface area (Å²) in [6.45, 7) is 0. The van der Waals surface area contributed by atoms with Gasteiger partial charge in [0.2, 0.25) is 5.91 Å². The third-order valence-electron chi connectivity index (χ3n) is 3.85. The fourth-order valence-electron chi connectivity index (χ4n) is 2.48. The lowest BCUT2D eigenvalue weighted by Gasteiger charge is -2.12. The van der Waals surface area contributed by atoms with Crippen LogP contribution in [0.5, 0.6) is 0 Å². The maximum Gasteiger partial charge on any atom is 0.241 e. The average Bonchev–Trinajstić information content (AvgIpc) is 2.61. The van der Waals surface area contributed by atoms with Gasteiger partial charge in [-0.25, -0.2) is 4.39 Å². The van der Waals surface area contributed by atoms with Crippen LogP contribution < -0.4 is 11.1 Å². The van der Waals surface area contributed by atoms with Crippen LogP contribution in [-0.2, 0) is 11.2 Å². The van der Waals surface area contributed by atoms with Gasteiger partial charge in [0.1, 0.15) is 5.82 Å². The van der Waals surface area contributed by atoms with E-state index in [-0.39, 0.29) is 11.7 Å². The zero-order valence-corrected chi connectivity index (χ0v) is 13.1. The van der Waals surface area contributed by atoms with Gasteiger partial charge in [-0.2, -0.15) is 0 Å². The number of fused-ring (bicyclic) bond motifs is 1. The standard InChI is InChI=1S/C19H18FN3O/c20-15-8-5-13(6-9-15)7-10-17(21)19(24)23-16-11-14-3-1-2-4-18(14)22-12-16/h1-6,8-9,11-12,17H,7,10,21H2,(H,23,24)/t17-/m0/s1. The summed E-state index contributed by atoms with van der Waals surface area (Å²) in [7, 11) is 0. The number of carbonyl (C=O) groups is 1. The van der Waals surface area contributed by atoms with E-state index in [2.05, 4.69) is 10.3 Å². The number of amides is 1. The molecule has 0 aliphatic rings. The van der Waals surface area contributed by atoms with E-state index >= 15 is 0 Å². The van der Waals surface area contributed by atoms with Crippen LogP contribution in [-0.4, -0.2) is 16.9 Å². The van der Waals surface area contributed by atoms with E-state index in [9.17, 15) is 9.18 Å². The fourth-order valence-corrected chi connectivity index (χ4v) is 2.48. The van der Waals surface area contributed by atoms with Crippen LogP contribution in [0.25, 0.3) is 10.9 Å². The van der Waals surface area contributed by atoms with E-state index in [4.69, 9.17) is 5.73 Å². The summed E-state index contributed by atoms with van der Waals surface area (Å²) >= 11 is 0. The van der Waals surface area contributed by atoms with Gasteiger partial charge in [-0.3, -0.25) is 9.78 Å². The number of rotatable bonds is 5. The summed E-state index contributed by atoms with van der Waals surface area (Å²) < 4.78 is 12.9. The van der Waals surface area contributed by atoms with Crippen molar-refractivity contribution in [1.29, 1.82) is 0 Å². The molecule has 3 N–H and O–H groups in total. The molecule has 1 atom stereocenters. The number of nitrogens with two attached hydrogens (primary N) is 1. The van der Waals surface area contributed by atoms with E-state index in [1.807, 2.05) is 30.3 Å². The SMILES string of the molecule is N[C@@H](CCc1ccc(F)cc1)C(=O)Nc1cnc2ccccc2c1. The van der Waals surface area contributed by atoms with Crippen LogP contribution in [0, 0.1) is 5.82 Å². The van der Waals surface area contributed by atoms with Crippen molar-refractivity contribution in [3.8, 4) is 0 Å². The molecule has 0 saturated carbocycles. The van der Waals surface area contributed by atoms with Crippen LogP contribution >= 0.6 is 0 Å². The first-order chi connectivity index (χ1) is 11.6. The van der Waals surface area contributed by atoms with Crippen molar-refractivity contribution in [1.82, 2.24) is 4.98 Å². The van der Waals surface area contributed by atoms with Crippen LogP contribution in [0.1, 0.15) is 12.0 Å². The van der Waals surface area contributed by atoms with Gasteiger partial charge in [0.15, 0.2) is 0 Å². The number of hydrogen-bond acceptors (Lipinski definition) is 3. The Kier molecular flexibility index (Phi) is 4.82. The number of anilines is 1. The molecule has 1 heterocycles. The van der Waals surface area contributed by atoms with E-state index in [1.54, 1.807) is 18.3 Å². The minimum atomic E-state index is -0.637. The van der Waals surface area contributed by atoms with E-state index < -0.39 is 6.04 Å². The average molecular weight is 323 g/mol. The summed E-state index contributed by atoms with van der Waals surface area (Å²) in [5.74, 6) is -0.529. The second-order valence-electron chi connectivity index (χ2n) is 5.68. The van der Waals surface area contributed by atoms with Crippen molar-refractivity contribution in [3.05, 3.63) is 72.2 Å². The molecule has 0 unspecified atom stereocenters. The molecule has 3 rings (SSSR count). The minimum Gasteiger partial charge on any atom is -0.323 e. The first kappa shape index (κ1) is 16.1. The zero-order chi connectivity index (χ0) is 16.9. The van der Waals surface area contributed by atoms with Crippen molar-refractivity contribution in [3.63, 3.8) is 0 Å². The smallest absolute Gasteiger partial charge is 0.241 e. The van der Waals surface area contributed by atoms with Crippen molar-refractivity contribution >= 4 is 22.5 Å². The van der Waals surface area contributed by atoms with Gasteiger partial charge in [0.25, 0.3) is 0 Å². The largest absolute Gasteiger partial charge is 0.323 e. The maximum atomic E-state index is 12.9. The Balaban J connectivity index is 1.59. The number of halogens is 1. The zero-order valence-electron chi connectivity index (χ0n) is 13.1. The van der Waals surface area contributed by atoms with Crippen LogP contribution in [0.15, 0.2) is 60.8 Å². The molecule has 0 saturated heterocycles. The first-order valence-corrected chi connectivity index (χ1v) is 7.77. The molecule has 122 valence electrons. The van der Waals surface area contributed by atoms with Gasteiger partial charge in [0, 0.05) is 5.39 Å². The number of hydrogen-bond donors (Lipinski definition) is 2. The highest BCUT2D eigenvalue weighted by Gasteiger charge is 2.14. The molecule has 5 heteroatoms. The molecule has 3 aromatic rings. The van der Waals surface area contributed by atoms with Crippen molar-refractivity contribution < 1.29 is 9.18 Å². The Morgan fingerprint density at radius 1 is 1.17 bits per heavy atom. The van der Waals surface area contributed by atoms with Gasteiger partial charge in [0.05, 0.1) is 23.4 Å². The molecule has 24 heavy (non-hydrogen) atoms. The summed E-state index contributed by atoms with van der Waals surface area (Å²) in [5.41, 5.74) is 8.39. The first-order valence-electron chi connectivity index (χ1n) is 7.77. The van der Waals surface area contributed by atoms with Gasteiger partial charge < -0.3 is 11.1 Å². The Labute approximate surface area is 139 Å². The monoisotopic (exact) mass is 323 g/mol. The normalized spacial score (nSPS) is 12.1. The number of aryl methyl sites for hydroxylation is 1. The Morgan fingerprint density at radius 2 is 1.92 bits per heavy atom. The molecule has 0 spiro atoms. The minimum absolute atomic E-state index is 0.255. The quantitative estimate of drug-likeness (QED) is 0.757. The molecular weight excluding hydrogens is 305 g/mol. The third kappa shape index (κ3) is 3.94. The molecule has 0 fully saturated rings. The number of pyridine rings is 1. The third-order valence-corrected chi connectivity index (χ3v) is 3.85. The molecule has 0 bridgehead atoms. The maximum absolute atomic E-state index is 12.9. The number of carbonyl (C=O) groups excluding carboxylic acids is 1. The number of aromatic nitrogens is 1. The van der Waals surface area contributed by atoms with Gasteiger partial charge in [-0.1, -0.05) is 30.3 Å². The van der Waals surface area contributed by atoms with Crippen LogP contribution in [0.2, 0.25) is 0 Å². The number of benzene rings is 2. The van der Waals surface area contributed by atoms with Gasteiger partial charge in [-0.05, 0) is 42.7 Å². The lowest BCUT2D eigenvalue weighted by Crippen LogP contribution is -2.36. The Morgan fingerprint density at radius 3 is 2.71 bits per heavy atom. The van der Waals surface area contributed by atoms with Crippen LogP contribution in [0.4, 0.5) is 10.1 Å². The number of nitrogens with zero attached hydrogens (tertiary/aromatic N) is 1. The summed E-state index contributed by atoms with van der Waals surface area (Å²) in [5, 5.41) is 3.75. The second-order valence-corrected chi connectivity index (χ2v) is 5.68. The van der Waals surface area contributed by atoms with E-state index in [1.165, 1.54) is 12.1 Å². The number of nitrogens with one attached hydrogen (secondary N) is 1. The predicted molar refractivity (Wildman–Crippen MR) is 93.1 cm³/mol. The van der Waals surface area contributed by atoms with Crippen molar-refractivity contribution in [2.24, 2.45) is 5.73 Å². The lowest BCUT2D eigenvalue weighted by molar-refractivity contribution is -0.117. The lowest BCUT2D eigenvalue weighted by atomic mass is 10.1. The predicted octanol–water partition coefficient (Wildman–Crippen LogP) is 3.27. The van der Waals surface area contributed by atoms with Gasteiger partial charge in [-0.15, -0.1) is 0 Å². The van der Waals surface area contributed by atoms with Crippen LogP contribution in [0.3, 0.4) is 0 Å². The van der Waals surface area contributed by atoms with E-state index in [0.29, 0.717) is 18.5 Å². The summed E-state index contributed by atoms with van der Waals surface area (Å²) in [6, 6.07) is 15.1.